The van der Waals surface area contributed by atoms with Crippen LogP contribution in [0.2, 0.25) is 0 Å². The molecule has 1 unspecified atom stereocenters. The summed E-state index contributed by atoms with van der Waals surface area (Å²) in [6.07, 6.45) is 1.05. The molecule has 16 heavy (non-hydrogen) atoms. The van der Waals surface area contributed by atoms with Crippen LogP contribution in [0.25, 0.3) is 0 Å². The van der Waals surface area contributed by atoms with Gasteiger partial charge >= 0.3 is 0 Å². The van der Waals surface area contributed by atoms with Crippen molar-refractivity contribution in [2.24, 2.45) is 5.92 Å². The van der Waals surface area contributed by atoms with Crippen molar-refractivity contribution in [1.29, 1.82) is 0 Å². The van der Waals surface area contributed by atoms with Crippen molar-refractivity contribution in [3.05, 3.63) is 29.6 Å². The van der Waals surface area contributed by atoms with Gasteiger partial charge < -0.3 is 10.4 Å². The molecule has 0 aromatic heterocycles. The lowest BCUT2D eigenvalue weighted by Gasteiger charge is -2.20. The highest BCUT2D eigenvalue weighted by Gasteiger charge is 2.10. The number of aromatic hydroxyl groups is 1. The standard InChI is InChI=1S/C13H20FNO/c1-4-12(9(2)3)15-8-10-5-6-13(16)11(14)7-10/h5-7,9,12,15-16H,4,8H2,1-3H3. The zero-order valence-electron chi connectivity index (χ0n) is 10.1. The van der Waals surface area contributed by atoms with Gasteiger partial charge in [0.25, 0.3) is 0 Å². The molecule has 0 amide bonds. The van der Waals surface area contributed by atoms with Gasteiger partial charge in [-0.15, -0.1) is 0 Å². The molecule has 0 aliphatic carbocycles. The van der Waals surface area contributed by atoms with E-state index < -0.39 is 5.82 Å². The van der Waals surface area contributed by atoms with Crippen molar-refractivity contribution in [2.75, 3.05) is 0 Å². The third-order valence-corrected chi connectivity index (χ3v) is 2.83. The molecule has 3 heteroatoms. The van der Waals surface area contributed by atoms with E-state index in [1.165, 1.54) is 12.1 Å². The molecule has 0 aliphatic heterocycles. The van der Waals surface area contributed by atoms with Crippen molar-refractivity contribution in [2.45, 2.75) is 39.8 Å². The summed E-state index contributed by atoms with van der Waals surface area (Å²) < 4.78 is 13.1. The van der Waals surface area contributed by atoms with Crippen LogP contribution in [-0.2, 0) is 6.54 Å². The minimum atomic E-state index is -0.558. The molecule has 1 aromatic carbocycles. The Bertz CT molecular complexity index is 339. The number of halogens is 1. The summed E-state index contributed by atoms with van der Waals surface area (Å²) in [7, 11) is 0. The van der Waals surface area contributed by atoms with Gasteiger partial charge in [0.2, 0.25) is 0 Å². The minimum absolute atomic E-state index is 0.292. The van der Waals surface area contributed by atoms with Gasteiger partial charge in [0.05, 0.1) is 0 Å². The predicted octanol–water partition coefficient (Wildman–Crippen LogP) is 3.06. The molecule has 0 saturated carbocycles. The van der Waals surface area contributed by atoms with Gasteiger partial charge in [0.1, 0.15) is 0 Å². The number of phenols is 1. The van der Waals surface area contributed by atoms with Crippen molar-refractivity contribution in [3.8, 4) is 5.75 Å². The number of nitrogens with one attached hydrogen (secondary N) is 1. The molecule has 1 atom stereocenters. The topological polar surface area (TPSA) is 32.3 Å². The van der Waals surface area contributed by atoms with E-state index in [-0.39, 0.29) is 5.75 Å². The SMILES string of the molecule is CCC(NCc1ccc(O)c(F)c1)C(C)C. The normalized spacial score (nSPS) is 13.1. The Kier molecular flexibility index (Phi) is 4.74. The molecule has 0 bridgehead atoms. The van der Waals surface area contributed by atoms with E-state index in [9.17, 15) is 4.39 Å². The summed E-state index contributed by atoms with van der Waals surface area (Å²) in [6, 6.07) is 4.94. The van der Waals surface area contributed by atoms with Gasteiger partial charge in [0, 0.05) is 12.6 Å². The largest absolute Gasteiger partial charge is 0.505 e. The van der Waals surface area contributed by atoms with Crippen LogP contribution in [0.5, 0.6) is 5.75 Å². The third-order valence-electron chi connectivity index (χ3n) is 2.83. The van der Waals surface area contributed by atoms with Crippen LogP contribution in [0.3, 0.4) is 0 Å². The van der Waals surface area contributed by atoms with Gasteiger partial charge in [-0.3, -0.25) is 0 Å². The number of hydrogen-bond donors (Lipinski definition) is 2. The van der Waals surface area contributed by atoms with Crippen molar-refractivity contribution in [1.82, 2.24) is 5.32 Å². The van der Waals surface area contributed by atoms with E-state index in [1.807, 2.05) is 0 Å². The summed E-state index contributed by atoms with van der Waals surface area (Å²) >= 11 is 0. The molecule has 1 aromatic rings. The Morgan fingerprint density at radius 1 is 1.38 bits per heavy atom. The Balaban J connectivity index is 2.57. The molecule has 1 rings (SSSR count). The molecule has 0 saturated heterocycles. The number of hydrogen-bond acceptors (Lipinski definition) is 2. The van der Waals surface area contributed by atoms with Gasteiger partial charge in [-0.05, 0) is 30.0 Å². The monoisotopic (exact) mass is 225 g/mol. The summed E-state index contributed by atoms with van der Waals surface area (Å²) in [6.45, 7) is 7.10. The minimum Gasteiger partial charge on any atom is -0.505 e. The molecule has 0 radical (unpaired) electrons. The predicted molar refractivity (Wildman–Crippen MR) is 63.8 cm³/mol. The fourth-order valence-corrected chi connectivity index (χ4v) is 1.76. The van der Waals surface area contributed by atoms with Crippen molar-refractivity contribution >= 4 is 0 Å². The van der Waals surface area contributed by atoms with E-state index in [0.717, 1.165) is 12.0 Å². The van der Waals surface area contributed by atoms with E-state index in [1.54, 1.807) is 6.07 Å². The number of rotatable bonds is 5. The molecule has 0 spiro atoms. The first-order valence-electron chi connectivity index (χ1n) is 5.75. The molecular weight excluding hydrogens is 205 g/mol. The van der Waals surface area contributed by atoms with Crippen LogP contribution >= 0.6 is 0 Å². The smallest absolute Gasteiger partial charge is 0.165 e. The summed E-state index contributed by atoms with van der Waals surface area (Å²) in [4.78, 5) is 0. The maximum absolute atomic E-state index is 13.1. The summed E-state index contributed by atoms with van der Waals surface area (Å²) in [5.41, 5.74) is 0.856. The highest BCUT2D eigenvalue weighted by atomic mass is 19.1. The fraction of sp³-hybridized carbons (Fsp3) is 0.538. The fourth-order valence-electron chi connectivity index (χ4n) is 1.76. The first-order chi connectivity index (χ1) is 7.54. The molecular formula is C13H20FNO. The van der Waals surface area contributed by atoms with Gasteiger partial charge in [-0.25, -0.2) is 4.39 Å². The van der Waals surface area contributed by atoms with E-state index >= 15 is 0 Å². The zero-order chi connectivity index (χ0) is 12.1. The maximum atomic E-state index is 13.1. The Morgan fingerprint density at radius 2 is 2.06 bits per heavy atom. The van der Waals surface area contributed by atoms with Crippen LogP contribution in [0.15, 0.2) is 18.2 Å². The molecule has 2 nitrogen and oxygen atoms in total. The first kappa shape index (κ1) is 13.0. The molecule has 0 fully saturated rings. The second-order valence-corrected chi connectivity index (χ2v) is 4.43. The number of phenolic OH excluding ortho intramolecular Hbond substituents is 1. The second kappa shape index (κ2) is 5.85. The highest BCUT2D eigenvalue weighted by molar-refractivity contribution is 5.27. The van der Waals surface area contributed by atoms with Crippen LogP contribution in [0.4, 0.5) is 4.39 Å². The van der Waals surface area contributed by atoms with Crippen LogP contribution in [0.1, 0.15) is 32.8 Å². The van der Waals surface area contributed by atoms with E-state index in [4.69, 9.17) is 5.11 Å². The van der Waals surface area contributed by atoms with Crippen LogP contribution in [-0.4, -0.2) is 11.1 Å². The Morgan fingerprint density at radius 3 is 2.56 bits per heavy atom. The Labute approximate surface area is 96.5 Å². The third kappa shape index (κ3) is 3.49. The lowest BCUT2D eigenvalue weighted by Crippen LogP contribution is -2.32. The van der Waals surface area contributed by atoms with Gasteiger partial charge in [-0.2, -0.15) is 0 Å². The maximum Gasteiger partial charge on any atom is 0.165 e. The molecule has 90 valence electrons. The van der Waals surface area contributed by atoms with Crippen LogP contribution in [0, 0.1) is 11.7 Å². The average Bonchev–Trinajstić information content (AvgIpc) is 2.23. The summed E-state index contributed by atoms with van der Waals surface area (Å²) in [5.74, 6) is -0.288. The number of benzene rings is 1. The summed E-state index contributed by atoms with van der Waals surface area (Å²) in [5, 5.41) is 12.4. The van der Waals surface area contributed by atoms with E-state index in [2.05, 4.69) is 26.1 Å². The second-order valence-electron chi connectivity index (χ2n) is 4.43. The lowest BCUT2D eigenvalue weighted by atomic mass is 10.0. The van der Waals surface area contributed by atoms with Crippen molar-refractivity contribution in [3.63, 3.8) is 0 Å². The van der Waals surface area contributed by atoms with Crippen LogP contribution < -0.4 is 5.32 Å². The van der Waals surface area contributed by atoms with Gasteiger partial charge in [0.15, 0.2) is 11.6 Å². The van der Waals surface area contributed by atoms with Crippen molar-refractivity contribution < 1.29 is 9.50 Å². The molecule has 2 N–H and O–H groups in total. The highest BCUT2D eigenvalue weighted by Crippen LogP contribution is 2.16. The quantitative estimate of drug-likeness (QED) is 0.807. The lowest BCUT2D eigenvalue weighted by molar-refractivity contribution is 0.386. The molecule has 0 aliphatic rings. The molecule has 0 heterocycles. The zero-order valence-corrected chi connectivity index (χ0v) is 10.1. The first-order valence-corrected chi connectivity index (χ1v) is 5.75. The Hall–Kier alpha value is -1.09. The average molecular weight is 225 g/mol. The van der Waals surface area contributed by atoms with E-state index in [0.29, 0.717) is 18.5 Å². The van der Waals surface area contributed by atoms with Gasteiger partial charge in [-0.1, -0.05) is 26.8 Å².